The quantitative estimate of drug-likeness (QED) is 0.433. The lowest BCUT2D eigenvalue weighted by Crippen LogP contribution is -2.11. The summed E-state index contributed by atoms with van der Waals surface area (Å²) in [5, 5.41) is 0. The number of halogens is 4. The van der Waals surface area contributed by atoms with Gasteiger partial charge in [-0.2, -0.15) is 0 Å². The molecule has 0 radical (unpaired) electrons. The number of rotatable bonds is 2. The van der Waals surface area contributed by atoms with E-state index in [0.717, 1.165) is 37.3 Å². The van der Waals surface area contributed by atoms with Crippen molar-refractivity contribution in [2.75, 3.05) is 0 Å². The molecule has 0 spiro atoms. The SMILES string of the molecule is Cc1cc(F)c(-c2ccc([C@H]3CC[C@H](C)CC3)cc2F)c(F)c1F. The molecular weight excluding hydrogens is 316 g/mol. The van der Waals surface area contributed by atoms with Crippen LogP contribution < -0.4 is 0 Å². The lowest BCUT2D eigenvalue weighted by atomic mass is 9.79. The van der Waals surface area contributed by atoms with E-state index in [0.29, 0.717) is 5.92 Å². The highest BCUT2D eigenvalue weighted by Gasteiger charge is 2.24. The summed E-state index contributed by atoms with van der Waals surface area (Å²) in [6.07, 6.45) is 4.17. The van der Waals surface area contributed by atoms with Crippen LogP contribution in [0, 0.1) is 36.1 Å². The minimum atomic E-state index is -1.34. The van der Waals surface area contributed by atoms with Gasteiger partial charge in [-0.1, -0.05) is 31.9 Å². The summed E-state index contributed by atoms with van der Waals surface area (Å²) in [6, 6.07) is 5.30. The molecule has 0 bridgehead atoms. The molecule has 0 saturated heterocycles. The summed E-state index contributed by atoms with van der Waals surface area (Å²) in [7, 11) is 0. The largest absolute Gasteiger partial charge is 0.206 e. The average Bonchev–Trinajstić information content (AvgIpc) is 2.55. The Morgan fingerprint density at radius 2 is 1.50 bits per heavy atom. The molecule has 2 aromatic rings. The Morgan fingerprint density at radius 3 is 2.12 bits per heavy atom. The molecule has 2 aromatic carbocycles. The van der Waals surface area contributed by atoms with E-state index >= 15 is 0 Å². The van der Waals surface area contributed by atoms with Crippen molar-refractivity contribution < 1.29 is 17.6 Å². The summed E-state index contributed by atoms with van der Waals surface area (Å²) in [5.74, 6) is -3.20. The summed E-state index contributed by atoms with van der Waals surface area (Å²) in [4.78, 5) is 0. The number of hydrogen-bond acceptors (Lipinski definition) is 0. The van der Waals surface area contributed by atoms with E-state index in [4.69, 9.17) is 0 Å². The highest BCUT2D eigenvalue weighted by molar-refractivity contribution is 5.66. The molecule has 0 atom stereocenters. The lowest BCUT2D eigenvalue weighted by molar-refractivity contribution is 0.347. The Labute approximate surface area is 139 Å². The lowest BCUT2D eigenvalue weighted by Gasteiger charge is -2.26. The van der Waals surface area contributed by atoms with Crippen LogP contribution in [-0.2, 0) is 0 Å². The normalized spacial score (nSPS) is 21.1. The highest BCUT2D eigenvalue weighted by atomic mass is 19.2. The third-order valence-electron chi connectivity index (χ3n) is 5.09. The molecule has 4 heteroatoms. The van der Waals surface area contributed by atoms with Crippen LogP contribution in [0.2, 0.25) is 0 Å². The van der Waals surface area contributed by atoms with Gasteiger partial charge >= 0.3 is 0 Å². The van der Waals surface area contributed by atoms with Gasteiger partial charge in [-0.05, 0) is 54.9 Å². The van der Waals surface area contributed by atoms with Crippen LogP contribution in [0.15, 0.2) is 24.3 Å². The van der Waals surface area contributed by atoms with E-state index < -0.39 is 28.8 Å². The van der Waals surface area contributed by atoms with Crippen LogP contribution in [-0.4, -0.2) is 0 Å². The smallest absolute Gasteiger partial charge is 0.169 e. The molecule has 3 rings (SSSR count). The third-order valence-corrected chi connectivity index (χ3v) is 5.09. The Bertz CT molecular complexity index is 759. The fourth-order valence-corrected chi connectivity index (χ4v) is 3.54. The molecule has 24 heavy (non-hydrogen) atoms. The molecule has 0 N–H and O–H groups in total. The maximum absolute atomic E-state index is 14.5. The van der Waals surface area contributed by atoms with Crippen molar-refractivity contribution in [3.8, 4) is 11.1 Å². The first-order valence-corrected chi connectivity index (χ1v) is 8.32. The zero-order valence-corrected chi connectivity index (χ0v) is 13.8. The molecule has 0 nitrogen and oxygen atoms in total. The van der Waals surface area contributed by atoms with Crippen molar-refractivity contribution in [1.29, 1.82) is 0 Å². The van der Waals surface area contributed by atoms with Gasteiger partial charge in [0.1, 0.15) is 11.6 Å². The van der Waals surface area contributed by atoms with Crippen molar-refractivity contribution in [1.82, 2.24) is 0 Å². The average molecular weight is 336 g/mol. The zero-order chi connectivity index (χ0) is 17.4. The zero-order valence-electron chi connectivity index (χ0n) is 13.8. The van der Waals surface area contributed by atoms with Crippen LogP contribution in [0.5, 0.6) is 0 Å². The second kappa shape index (κ2) is 6.58. The van der Waals surface area contributed by atoms with E-state index in [9.17, 15) is 17.6 Å². The van der Waals surface area contributed by atoms with Gasteiger partial charge in [-0.25, -0.2) is 17.6 Å². The van der Waals surface area contributed by atoms with Crippen LogP contribution in [0.1, 0.15) is 49.7 Å². The standard InChI is InChI=1S/C20H20F4/c1-11-3-5-13(6-4-11)14-7-8-15(16(21)10-14)18-17(22)9-12(2)19(23)20(18)24/h7-11,13H,3-6H2,1-2H3/t11-,13-. The second-order valence-corrected chi connectivity index (χ2v) is 6.87. The molecule has 0 amide bonds. The highest BCUT2D eigenvalue weighted by Crippen LogP contribution is 2.38. The summed E-state index contributed by atoms with van der Waals surface area (Å²) < 4.78 is 56.4. The van der Waals surface area contributed by atoms with Gasteiger partial charge in [0.25, 0.3) is 0 Å². The van der Waals surface area contributed by atoms with Gasteiger partial charge in [-0.3, -0.25) is 0 Å². The topological polar surface area (TPSA) is 0 Å². The Kier molecular flexibility index (Phi) is 4.66. The summed E-state index contributed by atoms with van der Waals surface area (Å²) >= 11 is 0. The van der Waals surface area contributed by atoms with Crippen molar-refractivity contribution in [2.45, 2.75) is 45.4 Å². The fourth-order valence-electron chi connectivity index (χ4n) is 3.54. The predicted molar refractivity (Wildman–Crippen MR) is 86.8 cm³/mol. The Morgan fingerprint density at radius 1 is 0.833 bits per heavy atom. The molecule has 0 aromatic heterocycles. The summed E-state index contributed by atoms with van der Waals surface area (Å²) in [6.45, 7) is 3.48. The maximum Gasteiger partial charge on any atom is 0.169 e. The molecule has 0 unspecified atom stereocenters. The third kappa shape index (κ3) is 3.06. The maximum atomic E-state index is 14.5. The minimum absolute atomic E-state index is 0.137. The van der Waals surface area contributed by atoms with Crippen molar-refractivity contribution in [3.63, 3.8) is 0 Å². The first-order chi connectivity index (χ1) is 11.4. The van der Waals surface area contributed by atoms with Gasteiger partial charge in [0.05, 0.1) is 5.56 Å². The van der Waals surface area contributed by atoms with E-state index in [1.807, 2.05) is 0 Å². The van der Waals surface area contributed by atoms with Crippen molar-refractivity contribution in [3.05, 3.63) is 58.7 Å². The summed E-state index contributed by atoms with van der Waals surface area (Å²) in [5.41, 5.74) is -0.171. The molecule has 1 aliphatic rings. The molecule has 0 aliphatic heterocycles. The second-order valence-electron chi connectivity index (χ2n) is 6.87. The van der Waals surface area contributed by atoms with E-state index in [2.05, 4.69) is 6.92 Å². The molecule has 1 fully saturated rings. The van der Waals surface area contributed by atoms with Crippen LogP contribution >= 0.6 is 0 Å². The van der Waals surface area contributed by atoms with E-state index in [-0.39, 0.29) is 17.0 Å². The Hall–Kier alpha value is -1.84. The minimum Gasteiger partial charge on any atom is -0.206 e. The Balaban J connectivity index is 1.98. The van der Waals surface area contributed by atoms with Crippen LogP contribution in [0.25, 0.3) is 11.1 Å². The van der Waals surface area contributed by atoms with Gasteiger partial charge in [0.2, 0.25) is 0 Å². The van der Waals surface area contributed by atoms with Gasteiger partial charge in [0.15, 0.2) is 11.6 Å². The first-order valence-electron chi connectivity index (χ1n) is 8.32. The number of benzene rings is 2. The first kappa shape index (κ1) is 17.0. The van der Waals surface area contributed by atoms with E-state index in [1.165, 1.54) is 19.1 Å². The van der Waals surface area contributed by atoms with E-state index in [1.54, 1.807) is 6.07 Å². The van der Waals surface area contributed by atoms with Crippen molar-refractivity contribution >= 4 is 0 Å². The van der Waals surface area contributed by atoms with Crippen molar-refractivity contribution in [2.24, 2.45) is 5.92 Å². The van der Waals surface area contributed by atoms with Gasteiger partial charge in [-0.15, -0.1) is 0 Å². The number of hydrogen-bond donors (Lipinski definition) is 0. The van der Waals surface area contributed by atoms with Crippen LogP contribution in [0.4, 0.5) is 17.6 Å². The van der Waals surface area contributed by atoms with Gasteiger partial charge in [0, 0.05) is 5.56 Å². The van der Waals surface area contributed by atoms with Crippen LogP contribution in [0.3, 0.4) is 0 Å². The monoisotopic (exact) mass is 336 g/mol. The molecule has 128 valence electrons. The molecule has 1 saturated carbocycles. The number of aryl methyl sites for hydroxylation is 1. The fraction of sp³-hybridized carbons (Fsp3) is 0.400. The predicted octanol–water partition coefficient (Wildman–Crippen LogP) is 6.51. The van der Waals surface area contributed by atoms with Gasteiger partial charge < -0.3 is 0 Å². The molecular formula is C20H20F4. The molecule has 1 aliphatic carbocycles. The molecule has 0 heterocycles.